The summed E-state index contributed by atoms with van der Waals surface area (Å²) in [5.41, 5.74) is 0.365. The second kappa shape index (κ2) is 6.36. The number of urea groups is 1. The summed E-state index contributed by atoms with van der Waals surface area (Å²) in [7, 11) is 1.31. The number of esters is 1. The van der Waals surface area contributed by atoms with E-state index in [1.54, 1.807) is 6.07 Å². The fourth-order valence-electron chi connectivity index (χ4n) is 2.32. The maximum absolute atomic E-state index is 13.1. The van der Waals surface area contributed by atoms with Crippen molar-refractivity contribution in [3.63, 3.8) is 0 Å². The van der Waals surface area contributed by atoms with Crippen LogP contribution in [0.1, 0.15) is 19.3 Å². The summed E-state index contributed by atoms with van der Waals surface area (Å²) in [5.74, 6) is -0.843. The number of nitrogens with one attached hydrogen (secondary N) is 1. The van der Waals surface area contributed by atoms with Crippen molar-refractivity contribution in [1.82, 2.24) is 4.90 Å². The van der Waals surface area contributed by atoms with Crippen LogP contribution in [0.3, 0.4) is 0 Å². The molecule has 1 aromatic rings. The number of ether oxygens (including phenoxy) is 1. The van der Waals surface area contributed by atoms with Crippen molar-refractivity contribution in [2.24, 2.45) is 0 Å². The summed E-state index contributed by atoms with van der Waals surface area (Å²) < 4.78 is 17.8. The van der Waals surface area contributed by atoms with E-state index in [1.165, 1.54) is 30.2 Å². The third-order valence-corrected chi connectivity index (χ3v) is 3.31. The Hall–Kier alpha value is -2.11. The van der Waals surface area contributed by atoms with E-state index >= 15 is 0 Å². The standard InChI is InChI=1S/C14H17FN2O3/c1-20-13(18)12-7-2-3-8-17(12)14(19)16-11-6-4-5-10(15)9-11/h4-6,9,12H,2-3,7-8H2,1H3,(H,16,19). The van der Waals surface area contributed by atoms with Crippen LogP contribution >= 0.6 is 0 Å². The highest BCUT2D eigenvalue weighted by molar-refractivity contribution is 5.92. The van der Waals surface area contributed by atoms with Crippen molar-refractivity contribution in [3.05, 3.63) is 30.1 Å². The molecule has 1 aromatic carbocycles. The monoisotopic (exact) mass is 280 g/mol. The highest BCUT2D eigenvalue weighted by Crippen LogP contribution is 2.20. The van der Waals surface area contributed by atoms with Gasteiger partial charge in [0.05, 0.1) is 7.11 Å². The number of carbonyl (C=O) groups is 2. The highest BCUT2D eigenvalue weighted by Gasteiger charge is 2.32. The molecule has 5 nitrogen and oxygen atoms in total. The minimum Gasteiger partial charge on any atom is -0.467 e. The molecule has 20 heavy (non-hydrogen) atoms. The Morgan fingerprint density at radius 3 is 2.90 bits per heavy atom. The zero-order chi connectivity index (χ0) is 14.5. The molecule has 2 rings (SSSR count). The van der Waals surface area contributed by atoms with Crippen molar-refractivity contribution in [3.8, 4) is 0 Å². The predicted octanol–water partition coefficient (Wildman–Crippen LogP) is 2.39. The van der Waals surface area contributed by atoms with Crippen LogP contribution in [0.15, 0.2) is 24.3 Å². The Bertz CT molecular complexity index is 507. The number of carbonyl (C=O) groups excluding carboxylic acids is 2. The third kappa shape index (κ3) is 3.26. The Labute approximate surface area is 116 Å². The first-order valence-electron chi connectivity index (χ1n) is 6.53. The van der Waals surface area contributed by atoms with Crippen LogP contribution in [-0.4, -0.2) is 36.6 Å². The molecule has 1 N–H and O–H groups in total. The number of nitrogens with zero attached hydrogens (tertiary/aromatic N) is 1. The number of methoxy groups -OCH3 is 1. The van der Waals surface area contributed by atoms with Gasteiger partial charge < -0.3 is 15.0 Å². The zero-order valence-electron chi connectivity index (χ0n) is 11.3. The fourth-order valence-corrected chi connectivity index (χ4v) is 2.32. The van der Waals surface area contributed by atoms with Crippen molar-refractivity contribution in [2.75, 3.05) is 19.0 Å². The molecular weight excluding hydrogens is 263 g/mol. The number of piperidine rings is 1. The minimum absolute atomic E-state index is 0.365. The summed E-state index contributed by atoms with van der Waals surface area (Å²) in [6, 6.07) is 4.66. The van der Waals surface area contributed by atoms with Crippen molar-refractivity contribution in [2.45, 2.75) is 25.3 Å². The fraction of sp³-hybridized carbons (Fsp3) is 0.429. The van der Waals surface area contributed by atoms with Gasteiger partial charge >= 0.3 is 12.0 Å². The van der Waals surface area contributed by atoms with Gasteiger partial charge in [0.2, 0.25) is 0 Å². The molecule has 108 valence electrons. The average molecular weight is 280 g/mol. The molecule has 1 unspecified atom stereocenters. The van der Waals surface area contributed by atoms with Crippen LogP contribution in [0.4, 0.5) is 14.9 Å². The number of halogens is 1. The molecule has 6 heteroatoms. The lowest BCUT2D eigenvalue weighted by atomic mass is 10.0. The molecule has 2 amide bonds. The van der Waals surface area contributed by atoms with Crippen molar-refractivity contribution in [1.29, 1.82) is 0 Å². The Morgan fingerprint density at radius 1 is 1.40 bits per heavy atom. The van der Waals surface area contributed by atoms with Gasteiger partial charge in [0.15, 0.2) is 0 Å². The van der Waals surface area contributed by atoms with Gasteiger partial charge in [0.1, 0.15) is 11.9 Å². The summed E-state index contributed by atoms with van der Waals surface area (Å²) >= 11 is 0. The van der Waals surface area contributed by atoms with E-state index in [0.29, 0.717) is 18.7 Å². The predicted molar refractivity (Wildman–Crippen MR) is 71.8 cm³/mol. The van der Waals surface area contributed by atoms with Gasteiger partial charge in [0.25, 0.3) is 0 Å². The van der Waals surface area contributed by atoms with E-state index in [2.05, 4.69) is 5.32 Å². The van der Waals surface area contributed by atoms with Gasteiger partial charge in [-0.2, -0.15) is 0 Å². The second-order valence-electron chi connectivity index (χ2n) is 4.67. The van der Waals surface area contributed by atoms with Crippen molar-refractivity contribution < 1.29 is 18.7 Å². The van der Waals surface area contributed by atoms with Crippen molar-refractivity contribution >= 4 is 17.7 Å². The van der Waals surface area contributed by atoms with Gasteiger partial charge in [-0.25, -0.2) is 14.0 Å². The van der Waals surface area contributed by atoms with E-state index in [-0.39, 0.29) is 0 Å². The summed E-state index contributed by atoms with van der Waals surface area (Å²) in [6.07, 6.45) is 2.30. The number of hydrogen-bond acceptors (Lipinski definition) is 3. The van der Waals surface area contributed by atoms with Gasteiger partial charge in [-0.3, -0.25) is 0 Å². The molecule has 1 aliphatic heterocycles. The van der Waals surface area contributed by atoms with Crippen LogP contribution in [0, 0.1) is 5.82 Å². The molecule has 0 aromatic heterocycles. The van der Waals surface area contributed by atoms with Crippen LogP contribution in [0.2, 0.25) is 0 Å². The largest absolute Gasteiger partial charge is 0.467 e. The van der Waals surface area contributed by atoms with Gasteiger partial charge in [0, 0.05) is 12.2 Å². The maximum Gasteiger partial charge on any atom is 0.328 e. The molecular formula is C14H17FN2O3. The Morgan fingerprint density at radius 2 is 2.20 bits per heavy atom. The molecule has 0 radical (unpaired) electrons. The highest BCUT2D eigenvalue weighted by atomic mass is 19.1. The molecule has 0 aliphatic carbocycles. The van der Waals surface area contributed by atoms with E-state index in [9.17, 15) is 14.0 Å². The molecule has 0 saturated carbocycles. The second-order valence-corrected chi connectivity index (χ2v) is 4.67. The van der Waals surface area contributed by atoms with Crippen LogP contribution < -0.4 is 5.32 Å². The molecule has 1 fully saturated rings. The van der Waals surface area contributed by atoms with Crippen LogP contribution in [-0.2, 0) is 9.53 Å². The average Bonchev–Trinajstić information content (AvgIpc) is 2.46. The Balaban J connectivity index is 2.08. The number of amides is 2. The first-order valence-corrected chi connectivity index (χ1v) is 6.53. The smallest absolute Gasteiger partial charge is 0.328 e. The zero-order valence-corrected chi connectivity index (χ0v) is 11.3. The first-order chi connectivity index (χ1) is 9.61. The lowest BCUT2D eigenvalue weighted by molar-refractivity contribution is -0.146. The number of likely N-dealkylation sites (tertiary alicyclic amines) is 1. The number of anilines is 1. The van der Waals surface area contributed by atoms with Crippen LogP contribution in [0.25, 0.3) is 0 Å². The molecule has 0 bridgehead atoms. The maximum atomic E-state index is 13.1. The molecule has 1 saturated heterocycles. The molecule has 1 heterocycles. The van der Waals surface area contributed by atoms with Gasteiger partial charge in [-0.1, -0.05) is 6.07 Å². The van der Waals surface area contributed by atoms with E-state index in [0.717, 1.165) is 12.8 Å². The number of benzene rings is 1. The SMILES string of the molecule is COC(=O)C1CCCCN1C(=O)Nc1cccc(F)c1. The third-order valence-electron chi connectivity index (χ3n) is 3.31. The number of hydrogen-bond donors (Lipinski definition) is 1. The minimum atomic E-state index is -0.567. The van der Waals surface area contributed by atoms with E-state index in [1.807, 2.05) is 0 Å². The lowest BCUT2D eigenvalue weighted by Gasteiger charge is -2.33. The summed E-state index contributed by atoms with van der Waals surface area (Å²) in [6.45, 7) is 0.487. The van der Waals surface area contributed by atoms with Gasteiger partial charge in [-0.15, -0.1) is 0 Å². The van der Waals surface area contributed by atoms with Crippen LogP contribution in [0.5, 0.6) is 0 Å². The van der Waals surface area contributed by atoms with E-state index < -0.39 is 23.9 Å². The molecule has 1 atom stereocenters. The topological polar surface area (TPSA) is 58.6 Å². The van der Waals surface area contributed by atoms with E-state index in [4.69, 9.17) is 4.74 Å². The molecule has 0 spiro atoms. The lowest BCUT2D eigenvalue weighted by Crippen LogP contribution is -2.50. The summed E-state index contributed by atoms with van der Waals surface area (Å²) in [5, 5.41) is 2.60. The first kappa shape index (κ1) is 14.3. The Kier molecular flexibility index (Phi) is 4.55. The molecule has 1 aliphatic rings. The normalized spacial score (nSPS) is 18.5. The van der Waals surface area contributed by atoms with Gasteiger partial charge in [-0.05, 0) is 37.5 Å². The quantitative estimate of drug-likeness (QED) is 0.846. The number of rotatable bonds is 2. The summed E-state index contributed by atoms with van der Waals surface area (Å²) in [4.78, 5) is 25.3.